The van der Waals surface area contributed by atoms with E-state index in [1.54, 1.807) is 7.11 Å². The number of hydrogen-bond acceptors (Lipinski definition) is 2. The van der Waals surface area contributed by atoms with Gasteiger partial charge in [0.2, 0.25) is 0 Å². The molecule has 0 aliphatic heterocycles. The molecule has 0 bridgehead atoms. The molecule has 3 heteroatoms. The first-order valence-electron chi connectivity index (χ1n) is 8.17. The van der Waals surface area contributed by atoms with Gasteiger partial charge in [-0.2, -0.15) is 0 Å². The van der Waals surface area contributed by atoms with Crippen LogP contribution < -0.4 is 10.1 Å². The molecule has 2 nitrogen and oxygen atoms in total. The van der Waals surface area contributed by atoms with Gasteiger partial charge in [0.15, 0.2) is 0 Å². The normalized spacial score (nSPS) is 19.2. The van der Waals surface area contributed by atoms with Crippen molar-refractivity contribution in [2.24, 2.45) is 5.41 Å². The van der Waals surface area contributed by atoms with Crippen molar-refractivity contribution >= 4 is 15.9 Å². The van der Waals surface area contributed by atoms with E-state index in [4.69, 9.17) is 4.74 Å². The first-order valence-corrected chi connectivity index (χ1v) is 8.97. The second kappa shape index (κ2) is 7.64. The van der Waals surface area contributed by atoms with Crippen LogP contribution in [0.5, 0.6) is 5.75 Å². The van der Waals surface area contributed by atoms with Crippen molar-refractivity contribution in [3.63, 3.8) is 0 Å². The molecule has 118 valence electrons. The molecule has 1 unspecified atom stereocenters. The third-order valence-electron chi connectivity index (χ3n) is 4.81. The largest absolute Gasteiger partial charge is 0.497 e. The number of nitrogens with one attached hydrogen (secondary N) is 1. The molecule has 1 fully saturated rings. The molecule has 0 heterocycles. The minimum absolute atomic E-state index is 0.352. The van der Waals surface area contributed by atoms with Crippen molar-refractivity contribution in [3.05, 3.63) is 28.2 Å². The molecule has 1 N–H and O–H groups in total. The highest BCUT2D eigenvalue weighted by molar-refractivity contribution is 9.10. The fraction of sp³-hybridized carbons (Fsp3) is 0.667. The average molecular weight is 354 g/mol. The van der Waals surface area contributed by atoms with E-state index in [9.17, 15) is 0 Å². The van der Waals surface area contributed by atoms with Gasteiger partial charge in [0.25, 0.3) is 0 Å². The van der Waals surface area contributed by atoms with Gasteiger partial charge in [0.05, 0.1) is 7.11 Å². The van der Waals surface area contributed by atoms with Crippen LogP contribution in [-0.4, -0.2) is 13.7 Å². The number of ether oxygens (including phenoxy) is 1. The summed E-state index contributed by atoms with van der Waals surface area (Å²) < 4.78 is 6.49. The van der Waals surface area contributed by atoms with Gasteiger partial charge in [0, 0.05) is 10.5 Å². The zero-order valence-corrected chi connectivity index (χ0v) is 15.1. The maximum atomic E-state index is 5.33. The Bertz CT molecular complexity index is 455. The molecule has 0 saturated heterocycles. The Hall–Kier alpha value is -0.540. The molecule has 1 saturated carbocycles. The molecule has 1 aliphatic rings. The summed E-state index contributed by atoms with van der Waals surface area (Å²) in [5, 5.41) is 3.80. The van der Waals surface area contributed by atoms with Gasteiger partial charge in [-0.3, -0.25) is 0 Å². The monoisotopic (exact) mass is 353 g/mol. The predicted molar refractivity (Wildman–Crippen MR) is 92.9 cm³/mol. The number of rotatable bonds is 6. The fourth-order valence-corrected chi connectivity index (χ4v) is 4.12. The summed E-state index contributed by atoms with van der Waals surface area (Å²) in [7, 11) is 1.72. The summed E-state index contributed by atoms with van der Waals surface area (Å²) in [6.07, 6.45) is 7.89. The van der Waals surface area contributed by atoms with Crippen LogP contribution in [0.2, 0.25) is 0 Å². The summed E-state index contributed by atoms with van der Waals surface area (Å²) >= 11 is 3.75. The SMILES string of the molecule is CCCNC(c1ccc(OC)cc1Br)C1(C)CCCCC1. The summed E-state index contributed by atoms with van der Waals surface area (Å²) in [5.41, 5.74) is 1.72. The molecule has 1 atom stereocenters. The molecule has 0 spiro atoms. The van der Waals surface area contributed by atoms with E-state index in [1.807, 2.05) is 0 Å². The standard InChI is InChI=1S/C18H28BrNO/c1-4-12-20-17(18(2)10-6-5-7-11-18)15-9-8-14(21-3)13-16(15)19/h8-9,13,17,20H,4-7,10-12H2,1-3H3. The number of methoxy groups -OCH3 is 1. The van der Waals surface area contributed by atoms with Crippen LogP contribution >= 0.6 is 15.9 Å². The highest BCUT2D eigenvalue weighted by Crippen LogP contribution is 2.47. The van der Waals surface area contributed by atoms with Crippen LogP contribution in [0.1, 0.15) is 64.0 Å². The van der Waals surface area contributed by atoms with Gasteiger partial charge >= 0.3 is 0 Å². The second-order valence-electron chi connectivity index (χ2n) is 6.49. The summed E-state index contributed by atoms with van der Waals surface area (Å²) in [6, 6.07) is 6.79. The molecule has 21 heavy (non-hydrogen) atoms. The van der Waals surface area contributed by atoms with E-state index >= 15 is 0 Å². The van der Waals surface area contributed by atoms with Gasteiger partial charge in [-0.05, 0) is 48.9 Å². The highest BCUT2D eigenvalue weighted by atomic mass is 79.9. The predicted octanol–water partition coefficient (Wildman–Crippen LogP) is 5.47. The quantitative estimate of drug-likeness (QED) is 0.731. The molecule has 0 aromatic heterocycles. The number of halogens is 1. The van der Waals surface area contributed by atoms with E-state index in [-0.39, 0.29) is 0 Å². The summed E-state index contributed by atoms with van der Waals surface area (Å²) in [5.74, 6) is 0.911. The Morgan fingerprint density at radius 2 is 2.00 bits per heavy atom. The Kier molecular flexibility index (Phi) is 6.12. The topological polar surface area (TPSA) is 21.3 Å². The van der Waals surface area contributed by atoms with Crippen LogP contribution in [0.25, 0.3) is 0 Å². The minimum atomic E-state index is 0.352. The van der Waals surface area contributed by atoms with Crippen LogP contribution in [0.15, 0.2) is 22.7 Å². The van der Waals surface area contributed by atoms with Crippen molar-refractivity contribution < 1.29 is 4.74 Å². The van der Waals surface area contributed by atoms with Crippen molar-refractivity contribution in [1.29, 1.82) is 0 Å². The smallest absolute Gasteiger partial charge is 0.120 e. The van der Waals surface area contributed by atoms with Crippen LogP contribution in [0, 0.1) is 5.41 Å². The Morgan fingerprint density at radius 1 is 1.29 bits per heavy atom. The first kappa shape index (κ1) is 16.8. The molecule has 1 aromatic carbocycles. The van der Waals surface area contributed by atoms with Crippen LogP contribution in [0.3, 0.4) is 0 Å². The van der Waals surface area contributed by atoms with Gasteiger partial charge < -0.3 is 10.1 Å². The molecule has 0 radical (unpaired) electrons. The van der Waals surface area contributed by atoms with Gasteiger partial charge in [-0.1, -0.05) is 55.1 Å². The lowest BCUT2D eigenvalue weighted by Crippen LogP contribution is -2.38. The molecule has 2 rings (SSSR count). The Morgan fingerprint density at radius 3 is 2.57 bits per heavy atom. The van der Waals surface area contributed by atoms with Gasteiger partial charge in [-0.15, -0.1) is 0 Å². The average Bonchev–Trinajstić information content (AvgIpc) is 2.49. The van der Waals surface area contributed by atoms with Crippen molar-refractivity contribution in [3.8, 4) is 5.75 Å². The molecule has 1 aromatic rings. The van der Waals surface area contributed by atoms with E-state index in [1.165, 1.54) is 44.1 Å². The van der Waals surface area contributed by atoms with E-state index in [2.05, 4.69) is 53.3 Å². The van der Waals surface area contributed by atoms with Crippen LogP contribution in [-0.2, 0) is 0 Å². The van der Waals surface area contributed by atoms with Crippen LogP contribution in [0.4, 0.5) is 0 Å². The third-order valence-corrected chi connectivity index (χ3v) is 5.50. The Balaban J connectivity index is 2.30. The third kappa shape index (κ3) is 4.01. The van der Waals surface area contributed by atoms with Crippen molar-refractivity contribution in [2.45, 2.75) is 58.4 Å². The first-order chi connectivity index (χ1) is 10.1. The minimum Gasteiger partial charge on any atom is -0.497 e. The van der Waals surface area contributed by atoms with Crippen molar-refractivity contribution in [1.82, 2.24) is 5.32 Å². The summed E-state index contributed by atoms with van der Waals surface area (Å²) in [4.78, 5) is 0. The zero-order chi connectivity index (χ0) is 15.3. The summed E-state index contributed by atoms with van der Waals surface area (Å²) in [6.45, 7) is 5.76. The molecular formula is C18H28BrNO. The fourth-order valence-electron chi connectivity index (χ4n) is 3.54. The Labute approximate surface area is 137 Å². The maximum absolute atomic E-state index is 5.33. The van der Waals surface area contributed by atoms with E-state index in [0.29, 0.717) is 11.5 Å². The highest BCUT2D eigenvalue weighted by Gasteiger charge is 2.36. The number of hydrogen-bond donors (Lipinski definition) is 1. The van der Waals surface area contributed by atoms with Crippen molar-refractivity contribution in [2.75, 3.05) is 13.7 Å². The number of benzene rings is 1. The van der Waals surface area contributed by atoms with Gasteiger partial charge in [0.1, 0.15) is 5.75 Å². The van der Waals surface area contributed by atoms with E-state index in [0.717, 1.165) is 16.8 Å². The zero-order valence-electron chi connectivity index (χ0n) is 13.5. The molecule has 1 aliphatic carbocycles. The molecular weight excluding hydrogens is 326 g/mol. The molecule has 0 amide bonds. The van der Waals surface area contributed by atoms with Gasteiger partial charge in [-0.25, -0.2) is 0 Å². The maximum Gasteiger partial charge on any atom is 0.120 e. The lowest BCUT2D eigenvalue weighted by molar-refractivity contribution is 0.144. The second-order valence-corrected chi connectivity index (χ2v) is 7.34. The lowest BCUT2D eigenvalue weighted by atomic mass is 9.68. The van der Waals surface area contributed by atoms with E-state index < -0.39 is 0 Å². The lowest BCUT2D eigenvalue weighted by Gasteiger charge is -2.42.